The van der Waals surface area contributed by atoms with Crippen molar-refractivity contribution < 1.29 is 26.4 Å². The fourth-order valence-electron chi connectivity index (χ4n) is 3.27. The zero-order chi connectivity index (χ0) is 26.7. The van der Waals surface area contributed by atoms with Gasteiger partial charge in [-0.05, 0) is 46.9 Å². The van der Waals surface area contributed by atoms with Gasteiger partial charge in [0.05, 0.1) is 6.20 Å². The third-order valence-electron chi connectivity index (χ3n) is 4.91. The van der Waals surface area contributed by atoms with E-state index >= 15 is 0 Å². The van der Waals surface area contributed by atoms with Crippen LogP contribution >= 0.6 is 11.3 Å². The number of sulfonamides is 2. The summed E-state index contributed by atoms with van der Waals surface area (Å²) in [5.41, 5.74) is -0.686. The van der Waals surface area contributed by atoms with E-state index in [1.54, 1.807) is 32.6 Å². The maximum atomic E-state index is 13.3. The van der Waals surface area contributed by atoms with Crippen LogP contribution in [0.25, 0.3) is 0 Å². The highest BCUT2D eigenvalue weighted by Crippen LogP contribution is 2.30. The van der Waals surface area contributed by atoms with Crippen LogP contribution in [0.3, 0.4) is 0 Å². The second kappa shape index (κ2) is 10.7. The number of amides is 1. The van der Waals surface area contributed by atoms with E-state index in [1.165, 1.54) is 35.9 Å². The van der Waals surface area contributed by atoms with Crippen molar-refractivity contribution in [2.75, 3.05) is 36.9 Å². The maximum absolute atomic E-state index is 13.3. The van der Waals surface area contributed by atoms with Gasteiger partial charge < -0.3 is 9.64 Å². The van der Waals surface area contributed by atoms with E-state index in [9.17, 15) is 21.6 Å². The summed E-state index contributed by atoms with van der Waals surface area (Å²) in [6.45, 7) is 7.27. The number of carbonyl (C=O) groups excluding carboxylic acids is 1. The first-order valence-electron chi connectivity index (χ1n) is 10.8. The molecular formula is C21H28N6O6S3. The van der Waals surface area contributed by atoms with Crippen LogP contribution in [0.4, 0.5) is 15.7 Å². The highest BCUT2D eigenvalue weighted by molar-refractivity contribution is 7.91. The van der Waals surface area contributed by atoms with Crippen molar-refractivity contribution in [1.82, 2.24) is 19.0 Å². The molecule has 1 fully saturated rings. The van der Waals surface area contributed by atoms with Crippen molar-refractivity contribution in [2.45, 2.75) is 48.4 Å². The largest absolute Gasteiger partial charge is 0.444 e. The fraction of sp³-hybridized carbons (Fsp3) is 0.476. The third-order valence-corrected chi connectivity index (χ3v) is 9.67. The number of rotatable bonds is 6. The smallest absolute Gasteiger partial charge is 0.413 e. The number of pyridine rings is 1. The Labute approximate surface area is 215 Å². The molecule has 1 aliphatic heterocycles. The topological polar surface area (TPSA) is 151 Å². The number of aromatic nitrogens is 2. The standard InChI is InChI=1S/C21H28N6O6S3/c1-6-7-15-14-26(10-11-27(15)19-24-13-18(34-19)35(29,30)22-5)36(31,32)16-8-9-17(23-12-16)25-20(28)33-21(2,3)4/h8-9,12-13,15,22H,10-11,14H2,1-5H3,(H,23,25,28). The predicted molar refractivity (Wildman–Crippen MR) is 136 cm³/mol. The zero-order valence-electron chi connectivity index (χ0n) is 20.5. The SMILES string of the molecule is CC#CC1CN(S(=O)(=O)c2ccc(NC(=O)OC(C)(C)C)nc2)CCN1c1ncc(S(=O)(=O)NC)s1. The molecule has 196 valence electrons. The Bertz CT molecular complexity index is 1370. The Morgan fingerprint density at radius 2 is 1.89 bits per heavy atom. The van der Waals surface area contributed by atoms with Gasteiger partial charge in [0.15, 0.2) is 9.34 Å². The van der Waals surface area contributed by atoms with Gasteiger partial charge in [-0.2, -0.15) is 4.31 Å². The normalized spacial score (nSPS) is 17.2. The summed E-state index contributed by atoms with van der Waals surface area (Å²) < 4.78 is 59.5. The minimum Gasteiger partial charge on any atom is -0.444 e. The molecule has 2 aromatic rings. The lowest BCUT2D eigenvalue weighted by Gasteiger charge is -2.38. The molecule has 0 aliphatic carbocycles. The van der Waals surface area contributed by atoms with Crippen LogP contribution in [-0.4, -0.2) is 75.5 Å². The molecule has 0 bridgehead atoms. The first-order valence-corrected chi connectivity index (χ1v) is 14.6. The molecule has 0 radical (unpaired) electrons. The average molecular weight is 557 g/mol. The van der Waals surface area contributed by atoms with E-state index in [0.717, 1.165) is 11.3 Å². The molecule has 0 saturated carbocycles. The van der Waals surface area contributed by atoms with Crippen LogP contribution in [0.2, 0.25) is 0 Å². The number of ether oxygens (including phenoxy) is 1. The quantitative estimate of drug-likeness (QED) is 0.507. The van der Waals surface area contributed by atoms with Gasteiger partial charge in [-0.25, -0.2) is 36.3 Å². The first kappa shape index (κ1) is 27.8. The van der Waals surface area contributed by atoms with Crippen LogP contribution in [0.1, 0.15) is 27.7 Å². The van der Waals surface area contributed by atoms with E-state index in [1.807, 2.05) is 0 Å². The van der Waals surface area contributed by atoms with E-state index < -0.39 is 37.8 Å². The van der Waals surface area contributed by atoms with Crippen LogP contribution in [-0.2, 0) is 24.8 Å². The molecule has 2 aromatic heterocycles. The Morgan fingerprint density at radius 1 is 1.17 bits per heavy atom. The fourth-order valence-corrected chi connectivity index (χ4v) is 6.68. The molecule has 1 saturated heterocycles. The van der Waals surface area contributed by atoms with Gasteiger partial charge in [-0.1, -0.05) is 17.3 Å². The highest BCUT2D eigenvalue weighted by atomic mass is 32.2. The molecule has 15 heteroatoms. The molecule has 1 amide bonds. The lowest BCUT2D eigenvalue weighted by molar-refractivity contribution is 0.0635. The zero-order valence-corrected chi connectivity index (χ0v) is 22.9. The second-order valence-electron chi connectivity index (χ2n) is 8.64. The van der Waals surface area contributed by atoms with E-state index in [0.29, 0.717) is 5.13 Å². The van der Waals surface area contributed by atoms with Crippen LogP contribution in [0.5, 0.6) is 0 Å². The molecule has 12 nitrogen and oxygen atoms in total. The average Bonchev–Trinajstić information content (AvgIpc) is 3.29. The highest BCUT2D eigenvalue weighted by Gasteiger charge is 2.35. The molecule has 3 heterocycles. The third kappa shape index (κ3) is 6.51. The number of thiazole rings is 1. The maximum Gasteiger partial charge on any atom is 0.413 e. The molecule has 0 spiro atoms. The van der Waals surface area contributed by atoms with Gasteiger partial charge in [0.1, 0.15) is 22.4 Å². The summed E-state index contributed by atoms with van der Waals surface area (Å²) in [7, 11) is -6.23. The number of piperazine rings is 1. The molecule has 2 N–H and O–H groups in total. The van der Waals surface area contributed by atoms with Crippen LogP contribution < -0.4 is 14.9 Å². The van der Waals surface area contributed by atoms with Crippen LogP contribution in [0.15, 0.2) is 33.6 Å². The Kier molecular flexibility index (Phi) is 8.26. The number of hydrogen-bond acceptors (Lipinski definition) is 10. The Hall–Kier alpha value is -2.77. The van der Waals surface area contributed by atoms with Crippen molar-refractivity contribution >= 4 is 48.4 Å². The van der Waals surface area contributed by atoms with Gasteiger partial charge in [0.25, 0.3) is 10.0 Å². The summed E-state index contributed by atoms with van der Waals surface area (Å²) in [5.74, 6) is 5.95. The van der Waals surface area contributed by atoms with Gasteiger partial charge in [0.2, 0.25) is 10.0 Å². The van der Waals surface area contributed by atoms with E-state index in [2.05, 4.69) is 31.8 Å². The molecule has 1 unspecified atom stereocenters. The van der Waals surface area contributed by atoms with Crippen molar-refractivity contribution in [1.29, 1.82) is 0 Å². The predicted octanol–water partition coefficient (Wildman–Crippen LogP) is 1.70. The molecule has 1 aliphatic rings. The Balaban J connectivity index is 1.76. The van der Waals surface area contributed by atoms with Crippen molar-refractivity contribution in [2.24, 2.45) is 0 Å². The summed E-state index contributed by atoms with van der Waals surface area (Å²) >= 11 is 0.989. The van der Waals surface area contributed by atoms with Crippen molar-refractivity contribution in [3.63, 3.8) is 0 Å². The minimum atomic E-state index is -3.91. The van der Waals surface area contributed by atoms with Gasteiger partial charge in [-0.3, -0.25) is 5.32 Å². The molecule has 1 atom stereocenters. The monoisotopic (exact) mass is 556 g/mol. The summed E-state index contributed by atoms with van der Waals surface area (Å²) in [5, 5.41) is 2.90. The van der Waals surface area contributed by atoms with E-state index in [4.69, 9.17) is 4.74 Å². The van der Waals surface area contributed by atoms with E-state index in [-0.39, 0.29) is 34.6 Å². The lowest BCUT2D eigenvalue weighted by Crippen LogP contribution is -2.54. The van der Waals surface area contributed by atoms with Crippen LogP contribution in [0, 0.1) is 11.8 Å². The summed E-state index contributed by atoms with van der Waals surface area (Å²) in [6, 6.07) is 2.21. The molecule has 0 aromatic carbocycles. The number of hydrogen-bond donors (Lipinski definition) is 2. The van der Waals surface area contributed by atoms with Crippen molar-refractivity contribution in [3.05, 3.63) is 24.5 Å². The lowest BCUT2D eigenvalue weighted by atomic mass is 10.2. The molecular weight excluding hydrogens is 528 g/mol. The second-order valence-corrected chi connectivity index (χ2v) is 13.7. The number of nitrogens with one attached hydrogen (secondary N) is 2. The number of carbonyl (C=O) groups is 1. The Morgan fingerprint density at radius 3 is 2.47 bits per heavy atom. The molecule has 3 rings (SSSR count). The van der Waals surface area contributed by atoms with Gasteiger partial charge >= 0.3 is 6.09 Å². The summed E-state index contributed by atoms with van der Waals surface area (Å²) in [6.07, 6.45) is 1.74. The number of anilines is 2. The number of nitrogens with zero attached hydrogens (tertiary/aromatic N) is 4. The molecule has 36 heavy (non-hydrogen) atoms. The van der Waals surface area contributed by atoms with Crippen molar-refractivity contribution in [3.8, 4) is 11.8 Å². The minimum absolute atomic E-state index is 0.0365. The van der Waals surface area contributed by atoms with Gasteiger partial charge in [0, 0.05) is 25.8 Å². The summed E-state index contributed by atoms with van der Waals surface area (Å²) in [4.78, 5) is 21.9. The van der Waals surface area contributed by atoms with Gasteiger partial charge in [-0.15, -0.1) is 5.92 Å². The first-order chi connectivity index (χ1) is 16.8.